The third kappa shape index (κ3) is 12.8. The third-order valence-electron chi connectivity index (χ3n) is 10.9. The Hall–Kier alpha value is -4.83. The van der Waals surface area contributed by atoms with Gasteiger partial charge in [-0.1, -0.05) is 0 Å². The molecular formula is C44H58Br2N4O10. The van der Waals surface area contributed by atoms with Crippen LogP contribution in [-0.2, 0) is 60.5 Å². The number of halogens is 2. The van der Waals surface area contributed by atoms with E-state index < -0.39 is 5.97 Å². The van der Waals surface area contributed by atoms with Gasteiger partial charge in [-0.3, -0.25) is 24.0 Å². The van der Waals surface area contributed by atoms with Crippen molar-refractivity contribution in [2.45, 2.75) is 106 Å². The number of hydrogen-bond donors (Lipinski definition) is 4. The Morgan fingerprint density at radius 2 is 1.02 bits per heavy atom. The summed E-state index contributed by atoms with van der Waals surface area (Å²) in [4.78, 5) is 76.3. The lowest BCUT2D eigenvalue weighted by atomic mass is 9.92. The number of allylic oxidation sites excluding steroid dienone is 3. The van der Waals surface area contributed by atoms with E-state index in [0.717, 1.165) is 90.1 Å². The van der Waals surface area contributed by atoms with E-state index in [4.69, 9.17) is 23.7 Å². The minimum atomic E-state index is -0.404. The topological polar surface area (TPSA) is 191 Å². The summed E-state index contributed by atoms with van der Waals surface area (Å²) in [6.07, 6.45) is 6.72. The highest BCUT2D eigenvalue weighted by Crippen LogP contribution is 2.31. The smallest absolute Gasteiger partial charge is 0.310 e. The van der Waals surface area contributed by atoms with E-state index in [1.54, 1.807) is 6.92 Å². The van der Waals surface area contributed by atoms with Gasteiger partial charge < -0.3 is 67.6 Å². The number of aromatic nitrogens is 2. The molecule has 0 fully saturated rings. The van der Waals surface area contributed by atoms with Gasteiger partial charge in [-0.15, -0.1) is 0 Å². The average molecular weight is 963 g/mol. The molecule has 0 bridgehead atoms. The lowest BCUT2D eigenvalue weighted by molar-refractivity contribution is -0.393. The molecular weight excluding hydrogens is 904 g/mol. The number of ether oxygens (including phenoxy) is 5. The van der Waals surface area contributed by atoms with Crippen molar-refractivity contribution in [1.29, 1.82) is 0 Å². The average Bonchev–Trinajstić information content (AvgIpc) is 3.86. The summed E-state index contributed by atoms with van der Waals surface area (Å²) in [5, 5.41) is 0. The van der Waals surface area contributed by atoms with Gasteiger partial charge >= 0.3 is 29.8 Å². The van der Waals surface area contributed by atoms with Gasteiger partial charge in [0.2, 0.25) is 11.4 Å². The lowest BCUT2D eigenvalue weighted by Crippen LogP contribution is -3.00. The van der Waals surface area contributed by atoms with Crippen molar-refractivity contribution in [3.05, 3.63) is 78.7 Å². The first kappa shape index (κ1) is 51.3. The predicted octanol–water partition coefficient (Wildman–Crippen LogP) is -2.89. The van der Waals surface area contributed by atoms with Crippen LogP contribution >= 0.6 is 0 Å². The second kappa shape index (κ2) is 23.8. The van der Waals surface area contributed by atoms with E-state index in [1.165, 1.54) is 28.4 Å². The first-order valence-electron chi connectivity index (χ1n) is 19.6. The highest BCUT2D eigenvalue weighted by Gasteiger charge is 2.38. The molecule has 0 saturated carbocycles. The molecule has 4 N–H and O–H groups in total. The molecule has 2 aliphatic heterocycles. The zero-order valence-corrected chi connectivity index (χ0v) is 39.4. The van der Waals surface area contributed by atoms with E-state index >= 15 is 0 Å². The zero-order valence-electron chi connectivity index (χ0n) is 36.3. The van der Waals surface area contributed by atoms with Gasteiger partial charge in [0.15, 0.2) is 11.4 Å². The number of carbonyl (C=O) groups is 5. The predicted molar refractivity (Wildman–Crippen MR) is 217 cm³/mol. The number of rotatable bonds is 19. The molecule has 2 aliphatic rings. The molecule has 14 nitrogen and oxygen atoms in total. The van der Waals surface area contributed by atoms with E-state index in [0.29, 0.717) is 32.1 Å². The Morgan fingerprint density at radius 3 is 1.57 bits per heavy atom. The minimum absolute atomic E-state index is 0. The van der Waals surface area contributed by atoms with E-state index in [9.17, 15) is 24.0 Å². The second-order valence-corrected chi connectivity index (χ2v) is 14.4. The molecule has 0 spiro atoms. The van der Waals surface area contributed by atoms with Gasteiger partial charge in [-0.05, 0) is 89.5 Å². The summed E-state index contributed by atoms with van der Waals surface area (Å²) in [5.74, 6) is -1.71. The van der Waals surface area contributed by atoms with Crippen LogP contribution in [0.3, 0.4) is 0 Å². The van der Waals surface area contributed by atoms with Gasteiger partial charge in [0.25, 0.3) is 0 Å². The van der Waals surface area contributed by atoms with Crippen LogP contribution in [-0.4, -0.2) is 86.3 Å². The molecule has 4 heterocycles. The second-order valence-electron chi connectivity index (χ2n) is 14.4. The van der Waals surface area contributed by atoms with Crippen LogP contribution in [0.2, 0.25) is 0 Å². The zero-order chi connectivity index (χ0) is 42.7. The van der Waals surface area contributed by atoms with Gasteiger partial charge in [-0.25, -0.2) is 9.98 Å². The van der Waals surface area contributed by atoms with Crippen LogP contribution in [0.5, 0.6) is 0 Å². The number of methoxy groups -OCH3 is 4. The van der Waals surface area contributed by atoms with E-state index in [2.05, 4.69) is 20.0 Å². The number of H-pyrrole nitrogens is 2. The molecule has 0 saturated heterocycles. The Morgan fingerprint density at radius 1 is 0.550 bits per heavy atom. The van der Waals surface area contributed by atoms with Crippen molar-refractivity contribution in [1.82, 2.24) is 9.97 Å². The largest absolute Gasteiger partial charge is 1.00 e. The van der Waals surface area contributed by atoms with Gasteiger partial charge in [0.05, 0.1) is 41.5 Å². The summed E-state index contributed by atoms with van der Waals surface area (Å²) in [5.41, 5.74) is 14.1. The molecule has 0 unspecified atom stereocenters. The standard InChI is InChI=1S/C44H56N4O10.2BrH/c1-11-58-44(53)20-33-32(15-19-43(52)57-10)38(21-34-25(3)29(28(6)46-34)12-16-40(49)54-7)48-39(33)22-35-26(4)31(14-18-42(51)56-9)37(47-35)23-36-30(13-17-41(50)55-8)24(2)27(5)45-36;;/h21,23,45-46H,11-20,22H2,1-10H3;2*1H/b37-23+,38-21-;;. The van der Waals surface area contributed by atoms with Crippen molar-refractivity contribution in [2.75, 3.05) is 35.0 Å². The van der Waals surface area contributed by atoms with E-state index in [-0.39, 0.29) is 96.6 Å². The van der Waals surface area contributed by atoms with Crippen molar-refractivity contribution < 1.29 is 91.6 Å². The van der Waals surface area contributed by atoms with Crippen LogP contribution in [0.25, 0.3) is 12.2 Å². The lowest BCUT2D eigenvalue weighted by Gasteiger charge is -2.07. The molecule has 4 rings (SSSR count). The van der Waals surface area contributed by atoms with Crippen molar-refractivity contribution in [3.63, 3.8) is 0 Å². The Bertz CT molecular complexity index is 2150. The number of nitrogens with one attached hydrogen (secondary N) is 4. The van der Waals surface area contributed by atoms with Gasteiger partial charge in [-0.2, -0.15) is 0 Å². The summed E-state index contributed by atoms with van der Waals surface area (Å²) in [7, 11) is 5.46. The van der Waals surface area contributed by atoms with Crippen molar-refractivity contribution >= 4 is 53.4 Å². The Balaban J connectivity index is 0.00000620. The van der Waals surface area contributed by atoms with E-state index in [1.807, 2.05) is 46.8 Å². The Kier molecular flexibility index (Phi) is 20.4. The quantitative estimate of drug-likeness (QED) is 0.0841. The molecule has 16 heteroatoms. The number of aromatic amines is 2. The number of esters is 5. The summed E-state index contributed by atoms with van der Waals surface area (Å²) in [6, 6.07) is 0. The first-order valence-corrected chi connectivity index (χ1v) is 19.6. The number of hydrogen-bond acceptors (Lipinski definition) is 10. The summed E-state index contributed by atoms with van der Waals surface area (Å²) >= 11 is 0. The maximum atomic E-state index is 13.2. The molecule has 2 aromatic rings. The van der Waals surface area contributed by atoms with Crippen molar-refractivity contribution in [3.8, 4) is 0 Å². The van der Waals surface area contributed by atoms with Gasteiger partial charge in [0, 0.05) is 82.9 Å². The molecule has 0 amide bonds. The Labute approximate surface area is 372 Å². The SMILES string of the molecule is CCOC(=O)CC1=C(CCC(=O)OC)/C(=C/c2[nH]c(C)c(CCC(=O)OC)c2C)[NH+]=C1CC1=[NH+]/C(=C/c2[nH]c(C)c(C)c2CCC(=O)OC)C(CCC(=O)OC)=C1C.[Br-].[Br-]. The number of carbonyl (C=O) groups excluding carboxylic acids is 5. The summed E-state index contributed by atoms with van der Waals surface area (Å²) in [6.45, 7) is 11.9. The molecule has 0 radical (unpaired) electrons. The molecule has 0 atom stereocenters. The molecule has 2 aromatic heterocycles. The third-order valence-corrected chi connectivity index (χ3v) is 10.9. The fourth-order valence-corrected chi connectivity index (χ4v) is 7.49. The number of aryl methyl sites for hydroxylation is 2. The fourth-order valence-electron chi connectivity index (χ4n) is 7.49. The highest BCUT2D eigenvalue weighted by molar-refractivity contribution is 6.16. The molecule has 0 aromatic carbocycles. The van der Waals surface area contributed by atoms with Crippen LogP contribution in [0.1, 0.15) is 110 Å². The van der Waals surface area contributed by atoms with Crippen LogP contribution in [0, 0.1) is 27.7 Å². The molecule has 328 valence electrons. The van der Waals surface area contributed by atoms with Crippen LogP contribution in [0.4, 0.5) is 0 Å². The minimum Gasteiger partial charge on any atom is -1.00 e. The first-order chi connectivity index (χ1) is 27.6. The molecule has 60 heavy (non-hydrogen) atoms. The van der Waals surface area contributed by atoms with Gasteiger partial charge in [0.1, 0.15) is 6.42 Å². The van der Waals surface area contributed by atoms with Crippen LogP contribution < -0.4 is 43.9 Å². The molecule has 0 aliphatic carbocycles. The van der Waals surface area contributed by atoms with Crippen molar-refractivity contribution in [2.24, 2.45) is 0 Å². The maximum Gasteiger partial charge on any atom is 0.310 e. The fraction of sp³-hybridized carbons (Fsp3) is 0.477. The normalized spacial score (nSPS) is 14.8. The maximum absolute atomic E-state index is 13.2. The monoisotopic (exact) mass is 960 g/mol. The highest BCUT2D eigenvalue weighted by atomic mass is 79.9. The van der Waals surface area contributed by atoms with Crippen LogP contribution in [0.15, 0.2) is 33.7 Å². The summed E-state index contributed by atoms with van der Waals surface area (Å²) < 4.78 is 25.2.